The zero-order valence-corrected chi connectivity index (χ0v) is 12.3. The molecular weight excluding hydrogens is 282 g/mol. The molecule has 0 aromatic heterocycles. The van der Waals surface area contributed by atoms with E-state index in [0.29, 0.717) is 28.4 Å². The number of anilines is 2. The van der Waals surface area contributed by atoms with Crippen LogP contribution in [0.1, 0.15) is 17.3 Å². The molecule has 0 fully saturated rings. The lowest BCUT2D eigenvalue weighted by Gasteiger charge is -2.10. The Labute approximate surface area is 128 Å². The summed E-state index contributed by atoms with van der Waals surface area (Å²) in [6.07, 6.45) is 0. The smallest absolute Gasteiger partial charge is 0.253 e. The molecule has 2 amide bonds. The predicted octanol–water partition coefficient (Wildman–Crippen LogP) is 2.38. The normalized spacial score (nSPS) is 9.91. The monoisotopic (exact) mass is 299 g/mol. The number of nitrogens with two attached hydrogens (primary N) is 1. The Kier molecular flexibility index (Phi) is 4.63. The summed E-state index contributed by atoms with van der Waals surface area (Å²) in [5, 5.41) is 5.20. The van der Waals surface area contributed by atoms with Gasteiger partial charge in [0, 0.05) is 25.3 Å². The summed E-state index contributed by atoms with van der Waals surface area (Å²) >= 11 is 0. The van der Waals surface area contributed by atoms with Crippen LogP contribution in [-0.4, -0.2) is 18.9 Å². The quantitative estimate of drug-likeness (QED) is 0.756. The minimum atomic E-state index is -0.274. The molecule has 4 N–H and O–H groups in total. The van der Waals surface area contributed by atoms with Crippen molar-refractivity contribution < 1.29 is 14.3 Å². The highest BCUT2D eigenvalue weighted by molar-refractivity contribution is 5.99. The molecule has 2 aromatic carbocycles. The molecule has 0 spiro atoms. The molecule has 114 valence electrons. The fourth-order valence-electron chi connectivity index (χ4n) is 1.88. The van der Waals surface area contributed by atoms with Crippen molar-refractivity contribution in [2.45, 2.75) is 6.92 Å². The number of rotatable bonds is 4. The molecule has 2 aromatic rings. The fraction of sp³-hybridized carbons (Fsp3) is 0.125. The number of ether oxygens (including phenoxy) is 1. The standard InChI is InChI=1S/C16H17N3O3/c1-10(20)19-11-3-5-12(6-4-11)22-13-7-8-15(17)14(9-13)16(21)18-2/h3-9H,17H2,1-2H3,(H,18,21)(H,19,20). The average molecular weight is 299 g/mol. The summed E-state index contributed by atoms with van der Waals surface area (Å²) in [5.74, 6) is 0.674. The molecule has 0 aliphatic carbocycles. The van der Waals surface area contributed by atoms with Crippen molar-refractivity contribution in [2.75, 3.05) is 18.1 Å². The Morgan fingerprint density at radius 2 is 1.68 bits per heavy atom. The number of amides is 2. The van der Waals surface area contributed by atoms with Crippen molar-refractivity contribution in [3.05, 3.63) is 48.0 Å². The number of nitrogens with one attached hydrogen (secondary N) is 2. The van der Waals surface area contributed by atoms with E-state index in [1.54, 1.807) is 42.5 Å². The molecular formula is C16H17N3O3. The Morgan fingerprint density at radius 1 is 1.05 bits per heavy atom. The van der Waals surface area contributed by atoms with Crippen LogP contribution in [0, 0.1) is 0 Å². The van der Waals surface area contributed by atoms with Gasteiger partial charge in [-0.25, -0.2) is 0 Å². The largest absolute Gasteiger partial charge is 0.457 e. The van der Waals surface area contributed by atoms with E-state index >= 15 is 0 Å². The summed E-state index contributed by atoms with van der Waals surface area (Å²) in [5.41, 5.74) is 7.19. The lowest BCUT2D eigenvalue weighted by molar-refractivity contribution is -0.114. The number of benzene rings is 2. The van der Waals surface area contributed by atoms with Crippen LogP contribution in [0.5, 0.6) is 11.5 Å². The van der Waals surface area contributed by atoms with E-state index < -0.39 is 0 Å². The summed E-state index contributed by atoms with van der Waals surface area (Å²) in [7, 11) is 1.54. The predicted molar refractivity (Wildman–Crippen MR) is 85.1 cm³/mol. The van der Waals surface area contributed by atoms with E-state index in [2.05, 4.69) is 10.6 Å². The lowest BCUT2D eigenvalue weighted by atomic mass is 10.1. The van der Waals surface area contributed by atoms with Crippen molar-refractivity contribution in [1.29, 1.82) is 0 Å². The molecule has 6 nitrogen and oxygen atoms in total. The number of nitrogen functional groups attached to an aromatic ring is 1. The third-order valence-electron chi connectivity index (χ3n) is 2.91. The Balaban J connectivity index is 2.16. The van der Waals surface area contributed by atoms with Crippen LogP contribution in [0.2, 0.25) is 0 Å². The van der Waals surface area contributed by atoms with Gasteiger partial charge in [0.1, 0.15) is 11.5 Å². The zero-order valence-electron chi connectivity index (χ0n) is 12.3. The number of hydrogen-bond donors (Lipinski definition) is 3. The van der Waals surface area contributed by atoms with Crippen LogP contribution >= 0.6 is 0 Å². The molecule has 22 heavy (non-hydrogen) atoms. The maximum atomic E-state index is 11.7. The van der Waals surface area contributed by atoms with Gasteiger partial charge in [0.05, 0.1) is 5.56 Å². The molecule has 0 aliphatic rings. The van der Waals surface area contributed by atoms with Gasteiger partial charge < -0.3 is 21.1 Å². The zero-order chi connectivity index (χ0) is 16.1. The first-order valence-electron chi connectivity index (χ1n) is 6.66. The van der Waals surface area contributed by atoms with Crippen molar-refractivity contribution in [2.24, 2.45) is 0 Å². The molecule has 0 saturated carbocycles. The van der Waals surface area contributed by atoms with Crippen LogP contribution in [0.4, 0.5) is 11.4 Å². The van der Waals surface area contributed by atoms with Crippen molar-refractivity contribution in [3.63, 3.8) is 0 Å². The highest BCUT2D eigenvalue weighted by Gasteiger charge is 2.10. The number of hydrogen-bond acceptors (Lipinski definition) is 4. The summed E-state index contributed by atoms with van der Waals surface area (Å²) in [4.78, 5) is 22.7. The number of carbonyl (C=O) groups excluding carboxylic acids is 2. The highest BCUT2D eigenvalue weighted by atomic mass is 16.5. The first-order valence-corrected chi connectivity index (χ1v) is 6.66. The van der Waals surface area contributed by atoms with Gasteiger partial charge in [0.2, 0.25) is 5.91 Å². The van der Waals surface area contributed by atoms with Gasteiger partial charge in [-0.2, -0.15) is 0 Å². The molecule has 0 saturated heterocycles. The van der Waals surface area contributed by atoms with Gasteiger partial charge in [-0.05, 0) is 42.5 Å². The van der Waals surface area contributed by atoms with Gasteiger partial charge in [-0.1, -0.05) is 0 Å². The third kappa shape index (κ3) is 3.76. The summed E-state index contributed by atoms with van der Waals surface area (Å²) in [6.45, 7) is 1.44. The molecule has 0 heterocycles. The SMILES string of the molecule is CNC(=O)c1cc(Oc2ccc(NC(C)=O)cc2)ccc1N. The molecule has 0 radical (unpaired) electrons. The Bertz CT molecular complexity index is 696. The molecule has 0 aliphatic heterocycles. The van der Waals surface area contributed by atoms with Gasteiger partial charge >= 0.3 is 0 Å². The van der Waals surface area contributed by atoms with Crippen molar-refractivity contribution in [3.8, 4) is 11.5 Å². The molecule has 0 atom stereocenters. The van der Waals surface area contributed by atoms with E-state index in [0.717, 1.165) is 0 Å². The van der Waals surface area contributed by atoms with Crippen LogP contribution in [0.25, 0.3) is 0 Å². The second-order valence-corrected chi connectivity index (χ2v) is 4.64. The van der Waals surface area contributed by atoms with Crippen LogP contribution in [0.15, 0.2) is 42.5 Å². The van der Waals surface area contributed by atoms with Crippen molar-refractivity contribution >= 4 is 23.2 Å². The average Bonchev–Trinajstić information content (AvgIpc) is 2.50. The van der Waals surface area contributed by atoms with Gasteiger partial charge in [0.25, 0.3) is 5.91 Å². The summed E-state index contributed by atoms with van der Waals surface area (Å²) < 4.78 is 5.68. The van der Waals surface area contributed by atoms with E-state index in [1.807, 2.05) is 0 Å². The third-order valence-corrected chi connectivity index (χ3v) is 2.91. The molecule has 6 heteroatoms. The maximum absolute atomic E-state index is 11.7. The first-order chi connectivity index (χ1) is 10.5. The fourth-order valence-corrected chi connectivity index (χ4v) is 1.88. The van der Waals surface area contributed by atoms with E-state index in [4.69, 9.17) is 10.5 Å². The highest BCUT2D eigenvalue weighted by Crippen LogP contribution is 2.26. The van der Waals surface area contributed by atoms with E-state index in [9.17, 15) is 9.59 Å². The molecule has 0 bridgehead atoms. The minimum Gasteiger partial charge on any atom is -0.457 e. The van der Waals surface area contributed by atoms with Gasteiger partial charge in [0.15, 0.2) is 0 Å². The van der Waals surface area contributed by atoms with Gasteiger partial charge in [-0.3, -0.25) is 9.59 Å². The second-order valence-electron chi connectivity index (χ2n) is 4.64. The van der Waals surface area contributed by atoms with E-state index in [-0.39, 0.29) is 11.8 Å². The molecule has 2 rings (SSSR count). The minimum absolute atomic E-state index is 0.137. The Hall–Kier alpha value is -3.02. The van der Waals surface area contributed by atoms with Crippen LogP contribution in [-0.2, 0) is 4.79 Å². The maximum Gasteiger partial charge on any atom is 0.253 e. The lowest BCUT2D eigenvalue weighted by Crippen LogP contribution is -2.19. The van der Waals surface area contributed by atoms with Gasteiger partial charge in [-0.15, -0.1) is 0 Å². The topological polar surface area (TPSA) is 93.5 Å². The summed E-state index contributed by atoms with van der Waals surface area (Å²) in [6, 6.07) is 11.8. The first kappa shape index (κ1) is 15.4. The van der Waals surface area contributed by atoms with E-state index in [1.165, 1.54) is 14.0 Å². The molecule has 0 unspecified atom stereocenters. The van der Waals surface area contributed by atoms with Crippen LogP contribution < -0.4 is 21.1 Å². The van der Waals surface area contributed by atoms with Crippen molar-refractivity contribution in [1.82, 2.24) is 5.32 Å². The number of carbonyl (C=O) groups is 2. The second kappa shape index (κ2) is 6.62. The van der Waals surface area contributed by atoms with Crippen LogP contribution in [0.3, 0.4) is 0 Å². The Morgan fingerprint density at radius 3 is 2.27 bits per heavy atom.